The molecule has 1 unspecified atom stereocenters. The molecule has 1 aromatic carbocycles. The lowest BCUT2D eigenvalue weighted by Crippen LogP contribution is -2.58. The molecule has 2 N–H and O–H groups in total. The first kappa shape index (κ1) is 21.7. The summed E-state index contributed by atoms with van der Waals surface area (Å²) in [5.74, 6) is -0.968. The topological polar surface area (TPSA) is 94.1 Å². The van der Waals surface area contributed by atoms with Crippen molar-refractivity contribution in [2.75, 3.05) is 12.9 Å². The fourth-order valence-electron chi connectivity index (χ4n) is 3.64. The van der Waals surface area contributed by atoms with Gasteiger partial charge < -0.3 is 24.6 Å². The molecule has 2 heterocycles. The number of ether oxygens (including phenoxy) is 3. The molecule has 1 aromatic rings. The normalized spacial score (nSPS) is 29.2. The highest BCUT2D eigenvalue weighted by molar-refractivity contribution is 8.14. The molecule has 2 saturated heterocycles. The van der Waals surface area contributed by atoms with Gasteiger partial charge >= 0.3 is 5.97 Å². The standard InChI is InChI=1S/C21H27NO6S/c1-3-4-5-6-16-11-17(12-21(25,28-16)18-13-29-20(24)22-18)27-19(23)14-7-9-15(26-2)10-8-14/h3,7-10,16-18,25H,1,4-6,11-13H2,2H3,(H,22,24)/t16?,17-,18+,21-/m1/s1. The first-order chi connectivity index (χ1) is 13.9. The Morgan fingerprint density at radius 2 is 2.21 bits per heavy atom. The molecule has 2 aliphatic heterocycles. The van der Waals surface area contributed by atoms with E-state index in [1.165, 1.54) is 0 Å². The van der Waals surface area contributed by atoms with Crippen molar-refractivity contribution in [3.8, 4) is 5.75 Å². The Kier molecular flexibility index (Phi) is 7.21. The molecule has 1 amide bonds. The summed E-state index contributed by atoms with van der Waals surface area (Å²) < 4.78 is 16.8. The van der Waals surface area contributed by atoms with Crippen molar-refractivity contribution in [2.45, 2.75) is 56.1 Å². The third kappa shape index (κ3) is 5.52. The van der Waals surface area contributed by atoms with Gasteiger partial charge in [-0.3, -0.25) is 4.79 Å². The summed E-state index contributed by atoms with van der Waals surface area (Å²) in [5.41, 5.74) is 0.411. The average molecular weight is 422 g/mol. The zero-order chi connectivity index (χ0) is 20.9. The molecule has 29 heavy (non-hydrogen) atoms. The number of esters is 1. The van der Waals surface area contributed by atoms with Gasteiger partial charge in [0.05, 0.1) is 24.8 Å². The van der Waals surface area contributed by atoms with E-state index in [0.29, 0.717) is 29.9 Å². The first-order valence-electron chi connectivity index (χ1n) is 9.73. The summed E-state index contributed by atoms with van der Waals surface area (Å²) in [7, 11) is 1.56. The molecule has 2 fully saturated rings. The van der Waals surface area contributed by atoms with Gasteiger partial charge in [0.2, 0.25) is 0 Å². The maximum absolute atomic E-state index is 12.6. The highest BCUT2D eigenvalue weighted by atomic mass is 32.2. The minimum atomic E-state index is -1.57. The van der Waals surface area contributed by atoms with Crippen molar-refractivity contribution < 1.29 is 28.9 Å². The molecule has 2 aliphatic rings. The Labute approximate surface area is 174 Å². The number of rotatable bonds is 8. The number of aliphatic hydroxyl groups is 1. The Balaban J connectivity index is 1.70. The predicted molar refractivity (Wildman–Crippen MR) is 110 cm³/mol. The van der Waals surface area contributed by atoms with Gasteiger partial charge in [0.1, 0.15) is 11.9 Å². The minimum absolute atomic E-state index is 0.109. The Morgan fingerprint density at radius 3 is 2.83 bits per heavy atom. The van der Waals surface area contributed by atoms with Gasteiger partial charge in [-0.1, -0.05) is 17.8 Å². The fourth-order valence-corrected chi connectivity index (χ4v) is 4.53. The molecule has 0 aromatic heterocycles. The van der Waals surface area contributed by atoms with E-state index in [1.807, 2.05) is 6.08 Å². The molecule has 158 valence electrons. The van der Waals surface area contributed by atoms with Gasteiger partial charge in [0.15, 0.2) is 5.79 Å². The second-order valence-electron chi connectivity index (χ2n) is 7.30. The average Bonchev–Trinajstić information content (AvgIpc) is 3.15. The number of methoxy groups -OCH3 is 1. The molecular formula is C21H27NO6S. The number of hydrogen-bond acceptors (Lipinski definition) is 7. The van der Waals surface area contributed by atoms with Crippen LogP contribution >= 0.6 is 11.8 Å². The summed E-state index contributed by atoms with van der Waals surface area (Å²) in [6.45, 7) is 3.72. The van der Waals surface area contributed by atoms with Crippen molar-refractivity contribution in [1.82, 2.24) is 5.32 Å². The van der Waals surface area contributed by atoms with E-state index in [1.54, 1.807) is 31.4 Å². The maximum Gasteiger partial charge on any atom is 0.338 e. The molecule has 7 nitrogen and oxygen atoms in total. The van der Waals surface area contributed by atoms with Crippen molar-refractivity contribution >= 4 is 23.0 Å². The van der Waals surface area contributed by atoms with Gasteiger partial charge in [-0.15, -0.1) is 6.58 Å². The second-order valence-corrected chi connectivity index (χ2v) is 8.29. The van der Waals surface area contributed by atoms with Gasteiger partial charge in [0.25, 0.3) is 5.24 Å². The third-order valence-electron chi connectivity index (χ3n) is 5.17. The van der Waals surface area contributed by atoms with E-state index in [9.17, 15) is 14.7 Å². The van der Waals surface area contributed by atoms with E-state index < -0.39 is 23.9 Å². The molecule has 0 aliphatic carbocycles. The minimum Gasteiger partial charge on any atom is -0.497 e. The Bertz CT molecular complexity index is 739. The largest absolute Gasteiger partial charge is 0.497 e. The molecular weight excluding hydrogens is 394 g/mol. The number of nitrogens with one attached hydrogen (secondary N) is 1. The molecule has 0 bridgehead atoms. The van der Waals surface area contributed by atoms with Gasteiger partial charge in [-0.25, -0.2) is 4.79 Å². The lowest BCUT2D eigenvalue weighted by atomic mass is 9.91. The highest BCUT2D eigenvalue weighted by Gasteiger charge is 2.49. The quantitative estimate of drug-likeness (QED) is 0.378. The first-order valence-corrected chi connectivity index (χ1v) is 10.7. The van der Waals surface area contributed by atoms with Gasteiger partial charge in [-0.05, 0) is 43.5 Å². The van der Waals surface area contributed by atoms with Gasteiger partial charge in [0, 0.05) is 18.6 Å². The number of amides is 1. The number of carbonyl (C=O) groups excluding carboxylic acids is 2. The van der Waals surface area contributed by atoms with Crippen LogP contribution in [0.4, 0.5) is 4.79 Å². The lowest BCUT2D eigenvalue weighted by Gasteiger charge is -2.43. The van der Waals surface area contributed by atoms with E-state index in [0.717, 1.165) is 24.6 Å². The van der Waals surface area contributed by atoms with Crippen LogP contribution in [0.2, 0.25) is 0 Å². The van der Waals surface area contributed by atoms with E-state index in [2.05, 4.69) is 11.9 Å². The van der Waals surface area contributed by atoms with Crippen LogP contribution in [-0.4, -0.2) is 53.2 Å². The van der Waals surface area contributed by atoms with Crippen LogP contribution in [0.1, 0.15) is 42.5 Å². The van der Waals surface area contributed by atoms with Crippen LogP contribution in [0.15, 0.2) is 36.9 Å². The molecule has 3 rings (SSSR count). The van der Waals surface area contributed by atoms with Crippen LogP contribution in [0.3, 0.4) is 0 Å². The lowest BCUT2D eigenvalue weighted by molar-refractivity contribution is -0.281. The van der Waals surface area contributed by atoms with Crippen molar-refractivity contribution in [2.24, 2.45) is 0 Å². The number of unbranched alkanes of at least 4 members (excludes halogenated alkanes) is 1. The fraction of sp³-hybridized carbons (Fsp3) is 0.524. The van der Waals surface area contributed by atoms with Crippen LogP contribution in [-0.2, 0) is 9.47 Å². The summed E-state index contributed by atoms with van der Waals surface area (Å²) in [6, 6.07) is 6.13. The van der Waals surface area contributed by atoms with Crippen LogP contribution in [0.25, 0.3) is 0 Å². The van der Waals surface area contributed by atoms with Crippen molar-refractivity contribution in [3.05, 3.63) is 42.5 Å². The number of carbonyl (C=O) groups is 2. The zero-order valence-corrected chi connectivity index (χ0v) is 17.3. The molecule has 8 heteroatoms. The summed E-state index contributed by atoms with van der Waals surface area (Å²) in [6.07, 6.45) is 4.06. The molecule has 0 spiro atoms. The SMILES string of the molecule is C=CCCCC1C[C@@H](OC(=O)c2ccc(OC)cc2)C[C@](O)([C@@H]2CSC(=O)N2)O1. The number of benzene rings is 1. The Morgan fingerprint density at radius 1 is 1.45 bits per heavy atom. The predicted octanol–water partition coefficient (Wildman–Crippen LogP) is 3.27. The van der Waals surface area contributed by atoms with Crippen LogP contribution < -0.4 is 10.1 Å². The number of hydrogen-bond donors (Lipinski definition) is 2. The second kappa shape index (κ2) is 9.65. The van der Waals surface area contributed by atoms with Crippen molar-refractivity contribution in [3.63, 3.8) is 0 Å². The summed E-state index contributed by atoms with van der Waals surface area (Å²) in [4.78, 5) is 24.2. The molecule has 0 radical (unpaired) electrons. The molecule has 4 atom stereocenters. The summed E-state index contributed by atoms with van der Waals surface area (Å²) >= 11 is 1.11. The van der Waals surface area contributed by atoms with Crippen LogP contribution in [0.5, 0.6) is 5.75 Å². The monoisotopic (exact) mass is 421 g/mol. The summed E-state index contributed by atoms with van der Waals surface area (Å²) in [5, 5.41) is 13.7. The van der Waals surface area contributed by atoms with E-state index >= 15 is 0 Å². The Hall–Kier alpha value is -2.03. The molecule has 0 saturated carbocycles. The van der Waals surface area contributed by atoms with E-state index in [4.69, 9.17) is 14.2 Å². The van der Waals surface area contributed by atoms with Crippen LogP contribution in [0, 0.1) is 0 Å². The maximum atomic E-state index is 12.6. The smallest absolute Gasteiger partial charge is 0.338 e. The highest BCUT2D eigenvalue weighted by Crippen LogP contribution is 2.36. The number of thioether (sulfide) groups is 1. The van der Waals surface area contributed by atoms with E-state index in [-0.39, 0.29) is 17.8 Å². The zero-order valence-electron chi connectivity index (χ0n) is 16.5. The van der Waals surface area contributed by atoms with Crippen molar-refractivity contribution in [1.29, 1.82) is 0 Å². The third-order valence-corrected chi connectivity index (χ3v) is 6.05. The number of allylic oxidation sites excluding steroid dienone is 1. The van der Waals surface area contributed by atoms with Gasteiger partial charge in [-0.2, -0.15) is 0 Å².